The summed E-state index contributed by atoms with van der Waals surface area (Å²) >= 11 is 6.03. The number of rotatable bonds is 2. The number of benzene rings is 2. The summed E-state index contributed by atoms with van der Waals surface area (Å²) in [5.74, 6) is -0.400. The third kappa shape index (κ3) is 2.68. The molecule has 0 spiro atoms. The summed E-state index contributed by atoms with van der Waals surface area (Å²) in [4.78, 5) is 16.7. The standard InChI is InChI=1S/C18H14ClNO2/c1-11-3-5-12(6-4-11)17-10-15(18(21)22-2)14-9-13(19)7-8-16(14)20-17/h3-10H,1-2H3. The fourth-order valence-corrected chi connectivity index (χ4v) is 2.52. The average Bonchev–Trinajstić information content (AvgIpc) is 2.54. The van der Waals surface area contributed by atoms with Gasteiger partial charge in [-0.15, -0.1) is 0 Å². The van der Waals surface area contributed by atoms with Crippen LogP contribution in [0.4, 0.5) is 0 Å². The average molecular weight is 312 g/mol. The third-order valence-corrected chi connectivity index (χ3v) is 3.76. The molecule has 22 heavy (non-hydrogen) atoms. The summed E-state index contributed by atoms with van der Waals surface area (Å²) in [5.41, 5.74) is 4.03. The van der Waals surface area contributed by atoms with Gasteiger partial charge in [-0.3, -0.25) is 0 Å². The van der Waals surface area contributed by atoms with Gasteiger partial charge in [0.15, 0.2) is 0 Å². The van der Waals surface area contributed by atoms with E-state index in [0.29, 0.717) is 21.5 Å². The van der Waals surface area contributed by atoms with Crippen LogP contribution in [0.1, 0.15) is 15.9 Å². The summed E-state index contributed by atoms with van der Waals surface area (Å²) in [6.07, 6.45) is 0. The van der Waals surface area contributed by atoms with E-state index in [2.05, 4.69) is 4.98 Å². The normalized spacial score (nSPS) is 10.7. The molecule has 0 amide bonds. The zero-order valence-electron chi connectivity index (χ0n) is 12.3. The Bertz CT molecular complexity index is 857. The molecule has 3 aromatic rings. The number of hydrogen-bond acceptors (Lipinski definition) is 3. The number of nitrogens with zero attached hydrogens (tertiary/aromatic N) is 1. The van der Waals surface area contributed by atoms with Crippen molar-refractivity contribution in [1.82, 2.24) is 4.98 Å². The second-order valence-corrected chi connectivity index (χ2v) is 5.51. The lowest BCUT2D eigenvalue weighted by Gasteiger charge is -2.09. The molecule has 0 saturated heterocycles. The van der Waals surface area contributed by atoms with Crippen LogP contribution in [0.2, 0.25) is 5.02 Å². The van der Waals surface area contributed by atoms with E-state index >= 15 is 0 Å². The molecule has 0 fully saturated rings. The van der Waals surface area contributed by atoms with Crippen molar-refractivity contribution in [3.05, 3.63) is 64.7 Å². The first-order valence-corrected chi connectivity index (χ1v) is 7.22. The van der Waals surface area contributed by atoms with E-state index in [4.69, 9.17) is 16.3 Å². The highest BCUT2D eigenvalue weighted by molar-refractivity contribution is 6.31. The maximum absolute atomic E-state index is 12.1. The molecule has 0 unspecified atom stereocenters. The van der Waals surface area contributed by atoms with Gasteiger partial charge in [-0.25, -0.2) is 9.78 Å². The number of carbonyl (C=O) groups is 1. The number of halogens is 1. The molecule has 0 bridgehead atoms. The van der Waals surface area contributed by atoms with E-state index in [-0.39, 0.29) is 0 Å². The number of carbonyl (C=O) groups excluding carboxylic acids is 1. The van der Waals surface area contributed by atoms with Crippen LogP contribution in [-0.4, -0.2) is 18.1 Å². The first-order valence-electron chi connectivity index (χ1n) is 6.84. The molecule has 0 aliphatic rings. The van der Waals surface area contributed by atoms with Crippen LogP contribution >= 0.6 is 11.6 Å². The van der Waals surface area contributed by atoms with Gasteiger partial charge in [-0.1, -0.05) is 41.4 Å². The van der Waals surface area contributed by atoms with Crippen LogP contribution in [0.5, 0.6) is 0 Å². The highest BCUT2D eigenvalue weighted by Gasteiger charge is 2.14. The quantitative estimate of drug-likeness (QED) is 0.647. The van der Waals surface area contributed by atoms with Crippen molar-refractivity contribution in [2.75, 3.05) is 7.11 Å². The van der Waals surface area contributed by atoms with Crippen molar-refractivity contribution in [2.24, 2.45) is 0 Å². The van der Waals surface area contributed by atoms with Gasteiger partial charge in [-0.2, -0.15) is 0 Å². The fraction of sp³-hybridized carbons (Fsp3) is 0.111. The zero-order chi connectivity index (χ0) is 15.7. The lowest BCUT2D eigenvalue weighted by atomic mass is 10.0. The van der Waals surface area contributed by atoms with Crippen molar-refractivity contribution in [3.63, 3.8) is 0 Å². The largest absolute Gasteiger partial charge is 0.465 e. The summed E-state index contributed by atoms with van der Waals surface area (Å²) in [6.45, 7) is 2.03. The molecular formula is C18H14ClNO2. The SMILES string of the molecule is COC(=O)c1cc(-c2ccc(C)cc2)nc2ccc(Cl)cc12. The number of pyridine rings is 1. The summed E-state index contributed by atoms with van der Waals surface area (Å²) < 4.78 is 4.88. The van der Waals surface area contributed by atoms with Crippen LogP contribution in [-0.2, 0) is 4.74 Å². The van der Waals surface area contributed by atoms with Crippen molar-refractivity contribution >= 4 is 28.5 Å². The number of aromatic nitrogens is 1. The van der Waals surface area contributed by atoms with Crippen LogP contribution in [0.25, 0.3) is 22.2 Å². The molecule has 0 atom stereocenters. The fourth-order valence-electron chi connectivity index (χ4n) is 2.35. The number of hydrogen-bond donors (Lipinski definition) is 0. The van der Waals surface area contributed by atoms with Crippen LogP contribution in [0.3, 0.4) is 0 Å². The number of ether oxygens (including phenoxy) is 1. The molecule has 4 heteroatoms. The highest BCUT2D eigenvalue weighted by atomic mass is 35.5. The number of esters is 1. The lowest BCUT2D eigenvalue weighted by Crippen LogP contribution is -2.04. The third-order valence-electron chi connectivity index (χ3n) is 3.52. The minimum atomic E-state index is -0.400. The smallest absolute Gasteiger partial charge is 0.338 e. The number of aryl methyl sites for hydroxylation is 1. The van der Waals surface area contributed by atoms with Crippen molar-refractivity contribution < 1.29 is 9.53 Å². The molecule has 110 valence electrons. The van der Waals surface area contributed by atoms with Gasteiger partial charge in [0.25, 0.3) is 0 Å². The monoisotopic (exact) mass is 311 g/mol. The predicted molar refractivity (Wildman–Crippen MR) is 88.3 cm³/mol. The molecule has 2 aromatic carbocycles. The molecule has 1 aromatic heterocycles. The first-order chi connectivity index (χ1) is 10.6. The Hall–Kier alpha value is -2.39. The molecule has 0 N–H and O–H groups in total. The Kier molecular flexibility index (Phi) is 3.82. The summed E-state index contributed by atoms with van der Waals surface area (Å²) in [6, 6.07) is 15.0. The van der Waals surface area contributed by atoms with Gasteiger partial charge in [0, 0.05) is 16.0 Å². The van der Waals surface area contributed by atoms with Crippen LogP contribution in [0, 0.1) is 6.92 Å². The van der Waals surface area contributed by atoms with Gasteiger partial charge in [0.1, 0.15) is 0 Å². The maximum Gasteiger partial charge on any atom is 0.338 e. The van der Waals surface area contributed by atoms with Gasteiger partial charge in [0.2, 0.25) is 0 Å². The topological polar surface area (TPSA) is 39.2 Å². The Morgan fingerprint density at radius 2 is 1.82 bits per heavy atom. The zero-order valence-corrected chi connectivity index (χ0v) is 13.0. The van der Waals surface area contributed by atoms with Crippen LogP contribution < -0.4 is 0 Å². The molecule has 0 saturated carbocycles. The Balaban J connectivity index is 2.26. The Morgan fingerprint density at radius 1 is 1.09 bits per heavy atom. The van der Waals surface area contributed by atoms with E-state index in [1.807, 2.05) is 37.3 Å². The minimum Gasteiger partial charge on any atom is -0.465 e. The number of fused-ring (bicyclic) bond motifs is 1. The molecule has 0 aliphatic carbocycles. The van der Waals surface area contributed by atoms with Crippen molar-refractivity contribution in [1.29, 1.82) is 0 Å². The van der Waals surface area contributed by atoms with Crippen molar-refractivity contribution in [2.45, 2.75) is 6.92 Å². The molecular weight excluding hydrogens is 298 g/mol. The van der Waals surface area contributed by atoms with Gasteiger partial charge < -0.3 is 4.74 Å². The van der Waals surface area contributed by atoms with Gasteiger partial charge in [-0.05, 0) is 31.2 Å². The first kappa shape index (κ1) is 14.5. The lowest BCUT2D eigenvalue weighted by molar-refractivity contribution is 0.0603. The molecule has 3 rings (SSSR count). The van der Waals surface area contributed by atoms with Crippen LogP contribution in [0.15, 0.2) is 48.5 Å². The molecule has 0 radical (unpaired) electrons. The maximum atomic E-state index is 12.1. The van der Waals surface area contributed by atoms with E-state index in [1.54, 1.807) is 18.2 Å². The summed E-state index contributed by atoms with van der Waals surface area (Å²) in [5, 5.41) is 1.25. The summed E-state index contributed by atoms with van der Waals surface area (Å²) in [7, 11) is 1.37. The number of methoxy groups -OCH3 is 1. The van der Waals surface area contributed by atoms with E-state index in [1.165, 1.54) is 12.7 Å². The second-order valence-electron chi connectivity index (χ2n) is 5.07. The minimum absolute atomic E-state index is 0.400. The predicted octanol–water partition coefficient (Wildman–Crippen LogP) is 4.65. The second kappa shape index (κ2) is 5.78. The Labute approximate surface area is 133 Å². The molecule has 1 heterocycles. The highest BCUT2D eigenvalue weighted by Crippen LogP contribution is 2.27. The van der Waals surface area contributed by atoms with E-state index in [0.717, 1.165) is 11.3 Å². The van der Waals surface area contributed by atoms with E-state index in [9.17, 15) is 4.79 Å². The molecule has 3 nitrogen and oxygen atoms in total. The van der Waals surface area contributed by atoms with Gasteiger partial charge >= 0.3 is 5.97 Å². The molecule has 0 aliphatic heterocycles. The van der Waals surface area contributed by atoms with Gasteiger partial charge in [0.05, 0.1) is 23.9 Å². The van der Waals surface area contributed by atoms with Crippen molar-refractivity contribution in [3.8, 4) is 11.3 Å². The van der Waals surface area contributed by atoms with E-state index < -0.39 is 5.97 Å². The Morgan fingerprint density at radius 3 is 2.50 bits per heavy atom.